The van der Waals surface area contributed by atoms with Gasteiger partial charge in [0.2, 0.25) is 5.91 Å². The molecule has 1 aromatic heterocycles. The maximum atomic E-state index is 12.0. The molecule has 17 heavy (non-hydrogen) atoms. The fraction of sp³-hybridized carbons (Fsp3) is 0.571. The molecular weight excluding hydrogens is 212 g/mol. The molecule has 0 saturated carbocycles. The first-order valence-electron chi connectivity index (χ1n) is 6.32. The Morgan fingerprint density at radius 2 is 2.18 bits per heavy atom. The van der Waals surface area contributed by atoms with Crippen molar-refractivity contribution in [1.29, 1.82) is 0 Å². The summed E-state index contributed by atoms with van der Waals surface area (Å²) in [6, 6.07) is 5.73. The van der Waals surface area contributed by atoms with Crippen LogP contribution >= 0.6 is 0 Å². The predicted octanol–water partition coefficient (Wildman–Crippen LogP) is 2.77. The van der Waals surface area contributed by atoms with Crippen molar-refractivity contribution in [1.82, 2.24) is 10.3 Å². The van der Waals surface area contributed by atoms with Gasteiger partial charge in [0.1, 0.15) is 0 Å². The van der Waals surface area contributed by atoms with E-state index in [1.165, 1.54) is 0 Å². The first kappa shape index (κ1) is 13.7. The zero-order valence-electron chi connectivity index (χ0n) is 10.9. The number of amides is 1. The van der Waals surface area contributed by atoms with Crippen molar-refractivity contribution in [2.45, 2.75) is 40.2 Å². The van der Waals surface area contributed by atoms with Gasteiger partial charge in [-0.15, -0.1) is 0 Å². The van der Waals surface area contributed by atoms with Gasteiger partial charge in [0, 0.05) is 12.1 Å². The van der Waals surface area contributed by atoms with Crippen molar-refractivity contribution < 1.29 is 4.79 Å². The van der Waals surface area contributed by atoms with Crippen LogP contribution < -0.4 is 5.32 Å². The molecular formula is C14H22N2O. The molecule has 0 spiro atoms. The van der Waals surface area contributed by atoms with Crippen LogP contribution in [0.2, 0.25) is 0 Å². The van der Waals surface area contributed by atoms with Crippen molar-refractivity contribution in [3.63, 3.8) is 0 Å². The number of aromatic nitrogens is 1. The van der Waals surface area contributed by atoms with E-state index in [2.05, 4.69) is 31.1 Å². The second-order valence-electron chi connectivity index (χ2n) is 4.68. The standard InChI is InChI=1S/C14H22N2O/c1-4-7-13(11(2)3)14(17)16-10-12-8-5-6-9-15-12/h5-6,8-9,11,13H,4,7,10H2,1-3H3,(H,16,17)/t13-/m0/s1. The Kier molecular flexibility index (Phi) is 5.67. The number of nitrogens with zero attached hydrogens (tertiary/aromatic N) is 1. The molecule has 0 fully saturated rings. The van der Waals surface area contributed by atoms with Gasteiger partial charge in [0.15, 0.2) is 0 Å². The van der Waals surface area contributed by atoms with Crippen LogP contribution in [0, 0.1) is 11.8 Å². The number of pyridine rings is 1. The average molecular weight is 234 g/mol. The van der Waals surface area contributed by atoms with E-state index < -0.39 is 0 Å². The minimum Gasteiger partial charge on any atom is -0.350 e. The van der Waals surface area contributed by atoms with Gasteiger partial charge in [-0.25, -0.2) is 0 Å². The first-order valence-corrected chi connectivity index (χ1v) is 6.32. The summed E-state index contributed by atoms with van der Waals surface area (Å²) < 4.78 is 0. The van der Waals surface area contributed by atoms with Crippen molar-refractivity contribution in [3.8, 4) is 0 Å². The Balaban J connectivity index is 2.47. The monoisotopic (exact) mass is 234 g/mol. The molecule has 1 amide bonds. The molecule has 3 heteroatoms. The second-order valence-corrected chi connectivity index (χ2v) is 4.68. The predicted molar refractivity (Wildman–Crippen MR) is 69.3 cm³/mol. The Bertz CT molecular complexity index is 335. The third kappa shape index (κ3) is 4.55. The van der Waals surface area contributed by atoms with Crippen LogP contribution in [0.25, 0.3) is 0 Å². The van der Waals surface area contributed by atoms with Crippen molar-refractivity contribution in [3.05, 3.63) is 30.1 Å². The largest absolute Gasteiger partial charge is 0.350 e. The maximum Gasteiger partial charge on any atom is 0.223 e. The lowest BCUT2D eigenvalue weighted by Gasteiger charge is -2.19. The molecule has 1 N–H and O–H groups in total. The van der Waals surface area contributed by atoms with Crippen LogP contribution in [-0.2, 0) is 11.3 Å². The summed E-state index contributed by atoms with van der Waals surface area (Å²) in [6.45, 7) is 6.83. The first-order chi connectivity index (χ1) is 8.15. The van der Waals surface area contributed by atoms with Gasteiger partial charge in [0.05, 0.1) is 12.2 Å². The van der Waals surface area contributed by atoms with E-state index in [1.807, 2.05) is 18.2 Å². The summed E-state index contributed by atoms with van der Waals surface area (Å²) in [6.07, 6.45) is 3.74. The molecule has 0 bridgehead atoms. The third-order valence-corrected chi connectivity index (χ3v) is 2.91. The highest BCUT2D eigenvalue weighted by Crippen LogP contribution is 2.17. The van der Waals surface area contributed by atoms with Crippen molar-refractivity contribution in [2.75, 3.05) is 0 Å². The molecule has 1 heterocycles. The highest BCUT2D eigenvalue weighted by atomic mass is 16.1. The molecule has 0 unspecified atom stereocenters. The van der Waals surface area contributed by atoms with Crippen LogP contribution in [0.4, 0.5) is 0 Å². The lowest BCUT2D eigenvalue weighted by Crippen LogP contribution is -2.33. The highest BCUT2D eigenvalue weighted by Gasteiger charge is 2.20. The molecule has 0 aromatic carbocycles. The zero-order valence-corrected chi connectivity index (χ0v) is 10.9. The van der Waals surface area contributed by atoms with Gasteiger partial charge in [-0.1, -0.05) is 33.3 Å². The van der Waals surface area contributed by atoms with Gasteiger partial charge in [0.25, 0.3) is 0 Å². The van der Waals surface area contributed by atoms with Crippen LogP contribution in [0.5, 0.6) is 0 Å². The van der Waals surface area contributed by atoms with E-state index in [9.17, 15) is 4.79 Å². The molecule has 0 aliphatic heterocycles. The van der Waals surface area contributed by atoms with E-state index >= 15 is 0 Å². The molecule has 94 valence electrons. The fourth-order valence-corrected chi connectivity index (χ4v) is 1.89. The van der Waals surface area contributed by atoms with E-state index in [0.717, 1.165) is 18.5 Å². The smallest absolute Gasteiger partial charge is 0.223 e. The highest BCUT2D eigenvalue weighted by molar-refractivity contribution is 5.78. The normalized spacial score (nSPS) is 12.5. The van der Waals surface area contributed by atoms with Crippen LogP contribution in [0.3, 0.4) is 0 Å². The lowest BCUT2D eigenvalue weighted by molar-refractivity contribution is -0.126. The Labute approximate surface area is 104 Å². The molecule has 1 aromatic rings. The van der Waals surface area contributed by atoms with Crippen LogP contribution in [0.15, 0.2) is 24.4 Å². The number of hydrogen-bond donors (Lipinski definition) is 1. The lowest BCUT2D eigenvalue weighted by atomic mass is 9.90. The van der Waals surface area contributed by atoms with Gasteiger partial charge in [-0.2, -0.15) is 0 Å². The molecule has 0 saturated heterocycles. The molecule has 0 aliphatic rings. The van der Waals surface area contributed by atoms with Crippen LogP contribution in [0.1, 0.15) is 39.3 Å². The molecule has 0 aliphatic carbocycles. The summed E-state index contributed by atoms with van der Waals surface area (Å²) in [5.41, 5.74) is 0.903. The van der Waals surface area contributed by atoms with Gasteiger partial charge in [-0.3, -0.25) is 9.78 Å². The van der Waals surface area contributed by atoms with Gasteiger partial charge >= 0.3 is 0 Å². The minimum absolute atomic E-state index is 0.115. The zero-order chi connectivity index (χ0) is 12.7. The Morgan fingerprint density at radius 3 is 2.71 bits per heavy atom. The van der Waals surface area contributed by atoms with Gasteiger partial charge < -0.3 is 5.32 Å². The third-order valence-electron chi connectivity index (χ3n) is 2.91. The Morgan fingerprint density at radius 1 is 1.41 bits per heavy atom. The molecule has 3 nitrogen and oxygen atoms in total. The maximum absolute atomic E-state index is 12.0. The topological polar surface area (TPSA) is 42.0 Å². The Hall–Kier alpha value is -1.38. The summed E-state index contributed by atoms with van der Waals surface area (Å²) >= 11 is 0. The number of carbonyl (C=O) groups is 1. The fourth-order valence-electron chi connectivity index (χ4n) is 1.89. The summed E-state index contributed by atoms with van der Waals surface area (Å²) in [4.78, 5) is 16.2. The molecule has 1 atom stereocenters. The average Bonchev–Trinajstić information content (AvgIpc) is 2.34. The number of hydrogen-bond acceptors (Lipinski definition) is 2. The summed E-state index contributed by atoms with van der Waals surface area (Å²) in [5, 5.41) is 2.96. The quantitative estimate of drug-likeness (QED) is 0.822. The SMILES string of the molecule is CCC[C@H](C(=O)NCc1ccccn1)C(C)C. The second kappa shape index (κ2) is 7.05. The number of carbonyl (C=O) groups excluding carboxylic acids is 1. The summed E-state index contributed by atoms with van der Waals surface area (Å²) in [7, 11) is 0. The minimum atomic E-state index is 0.115. The van der Waals surface area contributed by atoms with E-state index in [1.54, 1.807) is 6.20 Å². The van der Waals surface area contributed by atoms with Gasteiger partial charge in [-0.05, 0) is 24.5 Å². The van der Waals surface area contributed by atoms with E-state index in [-0.39, 0.29) is 11.8 Å². The van der Waals surface area contributed by atoms with Crippen molar-refractivity contribution >= 4 is 5.91 Å². The molecule has 0 radical (unpaired) electrons. The molecule has 1 rings (SSSR count). The van der Waals surface area contributed by atoms with Crippen molar-refractivity contribution in [2.24, 2.45) is 11.8 Å². The summed E-state index contributed by atoms with van der Waals surface area (Å²) in [5.74, 6) is 0.648. The van der Waals surface area contributed by atoms with E-state index in [4.69, 9.17) is 0 Å². The number of rotatable bonds is 6. The van der Waals surface area contributed by atoms with E-state index in [0.29, 0.717) is 12.5 Å². The number of nitrogens with one attached hydrogen (secondary N) is 1. The van der Waals surface area contributed by atoms with Crippen LogP contribution in [-0.4, -0.2) is 10.9 Å².